The zero-order valence-electron chi connectivity index (χ0n) is 15.2. The molecule has 0 aliphatic carbocycles. The largest absolute Gasteiger partial charge is 0.493 e. The average molecular weight is 333 g/mol. The van der Waals surface area contributed by atoms with Crippen LogP contribution < -0.4 is 9.47 Å². The minimum absolute atomic E-state index is 0.518. The molecule has 6 nitrogen and oxygen atoms in total. The van der Waals surface area contributed by atoms with Crippen molar-refractivity contribution in [2.24, 2.45) is 5.92 Å². The minimum Gasteiger partial charge on any atom is -0.493 e. The van der Waals surface area contributed by atoms with Gasteiger partial charge in [-0.25, -0.2) is 0 Å². The third kappa shape index (κ3) is 4.96. The minimum atomic E-state index is 0.518. The number of benzene rings is 1. The van der Waals surface area contributed by atoms with Crippen molar-refractivity contribution in [2.45, 2.75) is 40.3 Å². The first-order valence-electron chi connectivity index (χ1n) is 8.30. The molecule has 0 N–H and O–H groups in total. The Morgan fingerprint density at radius 2 is 1.88 bits per heavy atom. The summed E-state index contributed by atoms with van der Waals surface area (Å²) in [7, 11) is 3.29. The van der Waals surface area contributed by atoms with Gasteiger partial charge in [-0.2, -0.15) is 4.98 Å². The molecule has 2 aromatic rings. The van der Waals surface area contributed by atoms with Crippen LogP contribution >= 0.6 is 0 Å². The Balaban J connectivity index is 2.02. The van der Waals surface area contributed by atoms with E-state index in [9.17, 15) is 0 Å². The predicted molar refractivity (Wildman–Crippen MR) is 92.2 cm³/mol. The van der Waals surface area contributed by atoms with Crippen molar-refractivity contribution in [2.75, 3.05) is 20.8 Å². The highest BCUT2D eigenvalue weighted by molar-refractivity contribution is 5.42. The lowest BCUT2D eigenvalue weighted by molar-refractivity contribution is 0.228. The molecule has 0 saturated heterocycles. The SMILES string of the molecule is CCN(Cc1ccc(OC)c(OC)c1)Cc1nc(CC(C)C)no1. The smallest absolute Gasteiger partial charge is 0.240 e. The zero-order valence-corrected chi connectivity index (χ0v) is 15.2. The maximum atomic E-state index is 5.37. The van der Waals surface area contributed by atoms with E-state index < -0.39 is 0 Å². The van der Waals surface area contributed by atoms with E-state index in [1.807, 2.05) is 18.2 Å². The first-order valence-corrected chi connectivity index (χ1v) is 8.30. The van der Waals surface area contributed by atoms with Gasteiger partial charge in [0.15, 0.2) is 17.3 Å². The van der Waals surface area contributed by atoms with Gasteiger partial charge in [-0.15, -0.1) is 0 Å². The first-order chi connectivity index (χ1) is 11.5. The summed E-state index contributed by atoms with van der Waals surface area (Å²) in [5.74, 6) is 3.43. The number of aromatic nitrogens is 2. The van der Waals surface area contributed by atoms with E-state index >= 15 is 0 Å². The highest BCUT2D eigenvalue weighted by atomic mass is 16.5. The average Bonchev–Trinajstić information content (AvgIpc) is 3.00. The third-order valence-corrected chi connectivity index (χ3v) is 3.76. The quantitative estimate of drug-likeness (QED) is 0.702. The van der Waals surface area contributed by atoms with Crippen molar-refractivity contribution < 1.29 is 14.0 Å². The highest BCUT2D eigenvalue weighted by Gasteiger charge is 2.13. The van der Waals surface area contributed by atoms with Crippen molar-refractivity contribution in [3.05, 3.63) is 35.5 Å². The van der Waals surface area contributed by atoms with Gasteiger partial charge in [-0.3, -0.25) is 4.90 Å². The molecule has 1 aromatic heterocycles. The van der Waals surface area contributed by atoms with Crippen LogP contribution in [0.1, 0.15) is 38.0 Å². The lowest BCUT2D eigenvalue weighted by Crippen LogP contribution is -2.22. The second-order valence-corrected chi connectivity index (χ2v) is 6.19. The molecule has 2 rings (SSSR count). The van der Waals surface area contributed by atoms with Gasteiger partial charge in [0.05, 0.1) is 20.8 Å². The molecule has 0 fully saturated rings. The van der Waals surface area contributed by atoms with E-state index in [0.29, 0.717) is 18.4 Å². The fraction of sp³-hybridized carbons (Fsp3) is 0.556. The monoisotopic (exact) mass is 333 g/mol. The molecule has 24 heavy (non-hydrogen) atoms. The third-order valence-electron chi connectivity index (χ3n) is 3.76. The molecule has 0 aliphatic rings. The van der Waals surface area contributed by atoms with Crippen LogP contribution in [0.25, 0.3) is 0 Å². The number of hydrogen-bond donors (Lipinski definition) is 0. The highest BCUT2D eigenvalue weighted by Crippen LogP contribution is 2.28. The van der Waals surface area contributed by atoms with Crippen molar-refractivity contribution in [1.29, 1.82) is 0 Å². The molecule has 0 spiro atoms. The van der Waals surface area contributed by atoms with E-state index in [1.165, 1.54) is 0 Å². The summed E-state index contributed by atoms with van der Waals surface area (Å²) in [6.45, 7) is 8.70. The molecular weight excluding hydrogens is 306 g/mol. The molecule has 0 radical (unpaired) electrons. The van der Waals surface area contributed by atoms with Crippen molar-refractivity contribution in [1.82, 2.24) is 15.0 Å². The number of hydrogen-bond acceptors (Lipinski definition) is 6. The number of ether oxygens (including phenoxy) is 2. The summed E-state index contributed by atoms with van der Waals surface area (Å²) in [4.78, 5) is 6.72. The van der Waals surface area contributed by atoms with Gasteiger partial charge in [-0.1, -0.05) is 32.0 Å². The molecule has 1 heterocycles. The van der Waals surface area contributed by atoms with Crippen LogP contribution in [-0.2, 0) is 19.5 Å². The van der Waals surface area contributed by atoms with E-state index in [-0.39, 0.29) is 0 Å². The Hall–Kier alpha value is -2.08. The van der Waals surface area contributed by atoms with Crippen LogP contribution in [0, 0.1) is 5.92 Å². The van der Waals surface area contributed by atoms with E-state index in [4.69, 9.17) is 14.0 Å². The second kappa shape index (κ2) is 8.68. The van der Waals surface area contributed by atoms with Crippen LogP contribution in [0.3, 0.4) is 0 Å². The summed E-state index contributed by atoms with van der Waals surface area (Å²) in [6, 6.07) is 5.97. The van der Waals surface area contributed by atoms with Gasteiger partial charge >= 0.3 is 0 Å². The first kappa shape index (κ1) is 18.3. The summed E-state index contributed by atoms with van der Waals surface area (Å²) in [5.41, 5.74) is 1.15. The lowest BCUT2D eigenvalue weighted by atomic mass is 10.1. The van der Waals surface area contributed by atoms with Crippen LogP contribution in [0.15, 0.2) is 22.7 Å². The Morgan fingerprint density at radius 1 is 1.12 bits per heavy atom. The Bertz CT molecular complexity index is 640. The lowest BCUT2D eigenvalue weighted by Gasteiger charge is -2.19. The van der Waals surface area contributed by atoms with E-state index in [1.54, 1.807) is 14.2 Å². The van der Waals surface area contributed by atoms with Crippen LogP contribution in [-0.4, -0.2) is 35.8 Å². The number of methoxy groups -OCH3 is 2. The normalized spacial score (nSPS) is 11.3. The van der Waals surface area contributed by atoms with Crippen molar-refractivity contribution in [3.63, 3.8) is 0 Å². The van der Waals surface area contributed by atoms with Crippen molar-refractivity contribution >= 4 is 0 Å². The van der Waals surface area contributed by atoms with E-state index in [2.05, 4.69) is 35.8 Å². The van der Waals surface area contributed by atoms with Crippen molar-refractivity contribution in [3.8, 4) is 11.5 Å². The van der Waals surface area contributed by atoms with Gasteiger partial charge < -0.3 is 14.0 Å². The Labute approximate surface area is 143 Å². The van der Waals surface area contributed by atoms with Crippen LogP contribution in [0.4, 0.5) is 0 Å². The second-order valence-electron chi connectivity index (χ2n) is 6.19. The topological polar surface area (TPSA) is 60.6 Å². The van der Waals surface area contributed by atoms with E-state index in [0.717, 1.165) is 42.4 Å². The maximum absolute atomic E-state index is 5.37. The molecule has 132 valence electrons. The fourth-order valence-corrected chi connectivity index (χ4v) is 2.51. The number of rotatable bonds is 9. The Kier molecular flexibility index (Phi) is 6.61. The van der Waals surface area contributed by atoms with Gasteiger partial charge in [-0.05, 0) is 30.2 Å². The standard InChI is InChI=1S/C18H27N3O3/c1-6-21(12-18-19-17(20-24-18)9-13(2)3)11-14-7-8-15(22-4)16(10-14)23-5/h7-8,10,13H,6,9,11-12H2,1-5H3. The van der Waals surface area contributed by atoms with Gasteiger partial charge in [0.25, 0.3) is 0 Å². The zero-order chi connectivity index (χ0) is 17.5. The van der Waals surface area contributed by atoms with Crippen LogP contribution in [0.5, 0.6) is 11.5 Å². The van der Waals surface area contributed by atoms with Gasteiger partial charge in [0.1, 0.15) is 0 Å². The molecule has 0 aliphatic heterocycles. The van der Waals surface area contributed by atoms with Crippen LogP contribution in [0.2, 0.25) is 0 Å². The molecule has 6 heteroatoms. The summed E-state index contributed by atoms with van der Waals surface area (Å²) >= 11 is 0. The molecule has 0 amide bonds. The maximum Gasteiger partial charge on any atom is 0.240 e. The molecule has 0 saturated carbocycles. The predicted octanol–water partition coefficient (Wildman–Crippen LogP) is 3.31. The number of nitrogens with zero attached hydrogens (tertiary/aromatic N) is 3. The summed E-state index contributed by atoms with van der Waals surface area (Å²) < 4.78 is 16.0. The van der Waals surface area contributed by atoms with Gasteiger partial charge in [0, 0.05) is 13.0 Å². The fourth-order valence-electron chi connectivity index (χ4n) is 2.51. The van der Waals surface area contributed by atoms with Gasteiger partial charge in [0.2, 0.25) is 5.89 Å². The molecule has 0 bridgehead atoms. The summed E-state index contributed by atoms with van der Waals surface area (Å²) in [5, 5.41) is 4.05. The summed E-state index contributed by atoms with van der Waals surface area (Å²) in [6.07, 6.45) is 0.839. The molecule has 0 atom stereocenters. The molecule has 0 unspecified atom stereocenters. The molecule has 1 aromatic carbocycles. The Morgan fingerprint density at radius 3 is 2.50 bits per heavy atom. The molecular formula is C18H27N3O3.